The zero-order valence-corrected chi connectivity index (χ0v) is 23.2. The molecule has 9 aromatic rings. The summed E-state index contributed by atoms with van der Waals surface area (Å²) in [5, 5.41) is 4.78. The maximum atomic E-state index is 5.13. The molecule has 0 fully saturated rings. The average molecular weight is 590 g/mol. The second-order valence-corrected chi connectivity index (χ2v) is 11.2. The minimum atomic E-state index is 0.598. The molecule has 5 aromatic heterocycles. The van der Waals surface area contributed by atoms with Gasteiger partial charge in [0.15, 0.2) is 11.6 Å². The molecule has 0 aliphatic rings. The van der Waals surface area contributed by atoms with Crippen molar-refractivity contribution in [2.24, 2.45) is 0 Å². The monoisotopic (exact) mass is 589 g/mol. The van der Waals surface area contributed by atoms with Crippen molar-refractivity contribution in [1.82, 2.24) is 23.9 Å². The van der Waals surface area contributed by atoms with Crippen molar-refractivity contribution in [3.8, 4) is 28.7 Å². The van der Waals surface area contributed by atoms with Crippen LogP contribution < -0.4 is 0 Å². The molecule has 5 nitrogen and oxygen atoms in total. The number of hydrogen-bond donors (Lipinski definition) is 0. The van der Waals surface area contributed by atoms with Gasteiger partial charge in [-0.2, -0.15) is 9.97 Å². The summed E-state index contributed by atoms with van der Waals surface area (Å²) in [6.07, 6.45) is 0. The van der Waals surface area contributed by atoms with E-state index in [2.05, 4.69) is 85.6 Å². The van der Waals surface area contributed by atoms with Crippen molar-refractivity contribution in [1.29, 1.82) is 0 Å². The lowest BCUT2D eigenvalue weighted by Crippen LogP contribution is -2.06. The fourth-order valence-corrected chi connectivity index (χ4v) is 6.71. The molecule has 41 heavy (non-hydrogen) atoms. The summed E-state index contributed by atoms with van der Waals surface area (Å²) in [6.45, 7) is 0. The molecule has 0 atom stereocenters. The van der Waals surface area contributed by atoms with Crippen molar-refractivity contribution in [3.05, 3.63) is 126 Å². The highest BCUT2D eigenvalue weighted by Crippen LogP contribution is 2.45. The predicted octanol–water partition coefficient (Wildman–Crippen LogP) is 9.06. The van der Waals surface area contributed by atoms with Gasteiger partial charge in [-0.25, -0.2) is 4.98 Å². The molecule has 0 amide bonds. The number of hydrogen-bond acceptors (Lipinski definition) is 3. The fourth-order valence-electron chi connectivity index (χ4n) is 6.28. The molecule has 0 saturated carbocycles. The van der Waals surface area contributed by atoms with E-state index in [1.54, 1.807) is 0 Å². The van der Waals surface area contributed by atoms with Gasteiger partial charge in [0.2, 0.25) is 5.95 Å². The Morgan fingerprint density at radius 2 is 1.05 bits per heavy atom. The van der Waals surface area contributed by atoms with Crippen LogP contribution in [0.1, 0.15) is 0 Å². The Morgan fingerprint density at radius 3 is 1.73 bits per heavy atom. The smallest absolute Gasteiger partial charge is 0.238 e. The summed E-state index contributed by atoms with van der Waals surface area (Å²) in [5.74, 6) is 1.88. The van der Waals surface area contributed by atoms with Gasteiger partial charge in [0, 0.05) is 37.1 Å². The summed E-state index contributed by atoms with van der Waals surface area (Å²) in [7, 11) is 0. The average Bonchev–Trinajstić information content (AvgIpc) is 3.65. The molecule has 0 spiro atoms. The number of pyridine rings is 1. The Bertz CT molecular complexity index is 2370. The van der Waals surface area contributed by atoms with Gasteiger partial charge in [-0.1, -0.05) is 119 Å². The van der Waals surface area contributed by atoms with Gasteiger partial charge < -0.3 is 4.40 Å². The Morgan fingerprint density at radius 1 is 0.488 bits per heavy atom. The molecule has 192 valence electrons. The van der Waals surface area contributed by atoms with E-state index in [0.717, 1.165) is 43.1 Å². The highest BCUT2D eigenvalue weighted by atomic mass is 79.9. The lowest BCUT2D eigenvalue weighted by atomic mass is 10.1. The Kier molecular flexibility index (Phi) is 4.69. The molecule has 0 unspecified atom stereocenters. The van der Waals surface area contributed by atoms with Crippen LogP contribution in [0.3, 0.4) is 0 Å². The van der Waals surface area contributed by atoms with Crippen molar-refractivity contribution in [2.45, 2.75) is 0 Å². The number of nitrogens with zero attached hydrogens (tertiary/aromatic N) is 5. The Labute approximate surface area is 242 Å². The van der Waals surface area contributed by atoms with Crippen LogP contribution in [-0.2, 0) is 0 Å². The van der Waals surface area contributed by atoms with Crippen LogP contribution in [0.15, 0.2) is 126 Å². The number of benzene rings is 4. The Hall–Kier alpha value is -5.07. The van der Waals surface area contributed by atoms with Gasteiger partial charge in [-0.3, -0.25) is 4.57 Å². The normalized spacial score (nSPS) is 12.0. The molecular formula is C35H20BrN5. The number of aromatic nitrogens is 5. The quantitative estimate of drug-likeness (QED) is 0.206. The van der Waals surface area contributed by atoms with Crippen LogP contribution in [-0.4, -0.2) is 23.9 Å². The van der Waals surface area contributed by atoms with Gasteiger partial charge in [-0.05, 0) is 18.2 Å². The third kappa shape index (κ3) is 3.19. The van der Waals surface area contributed by atoms with E-state index in [9.17, 15) is 0 Å². The molecule has 0 bridgehead atoms. The molecule has 0 aliphatic carbocycles. The first-order valence-corrected chi connectivity index (χ1v) is 14.3. The van der Waals surface area contributed by atoms with Crippen LogP contribution >= 0.6 is 15.9 Å². The van der Waals surface area contributed by atoms with Gasteiger partial charge in [0.1, 0.15) is 0 Å². The number of fused-ring (bicyclic) bond motifs is 8. The first-order valence-electron chi connectivity index (χ1n) is 13.5. The summed E-state index contributed by atoms with van der Waals surface area (Å²) < 4.78 is 5.67. The van der Waals surface area contributed by atoms with E-state index in [4.69, 9.17) is 15.0 Å². The minimum absolute atomic E-state index is 0.598. The van der Waals surface area contributed by atoms with E-state index in [-0.39, 0.29) is 0 Å². The molecule has 0 saturated heterocycles. The predicted molar refractivity (Wildman–Crippen MR) is 170 cm³/mol. The van der Waals surface area contributed by atoms with E-state index >= 15 is 0 Å². The van der Waals surface area contributed by atoms with Gasteiger partial charge in [0.05, 0.1) is 27.6 Å². The zero-order valence-electron chi connectivity index (χ0n) is 21.7. The van der Waals surface area contributed by atoms with Crippen LogP contribution in [0, 0.1) is 0 Å². The SMILES string of the molecule is Brc1cc2c3ccccc3c3c4c(c5ccccc5n4-c4nc(-c5ccccc5)nc(-c5ccccc5)n4)c(c1)n23. The summed E-state index contributed by atoms with van der Waals surface area (Å²) in [5.41, 5.74) is 7.55. The first-order chi connectivity index (χ1) is 20.3. The molecule has 9 rings (SSSR count). The molecule has 5 heterocycles. The fraction of sp³-hybridized carbons (Fsp3) is 0. The van der Waals surface area contributed by atoms with E-state index < -0.39 is 0 Å². The Balaban J connectivity index is 1.49. The maximum absolute atomic E-state index is 5.13. The largest absolute Gasteiger partial charge is 0.306 e. The molecule has 0 aliphatic heterocycles. The van der Waals surface area contributed by atoms with Crippen LogP contribution in [0.4, 0.5) is 0 Å². The number of rotatable bonds is 3. The highest BCUT2D eigenvalue weighted by Gasteiger charge is 2.26. The van der Waals surface area contributed by atoms with E-state index in [1.165, 1.54) is 21.7 Å². The molecule has 6 heteroatoms. The minimum Gasteiger partial charge on any atom is -0.306 e. The summed E-state index contributed by atoms with van der Waals surface area (Å²) >= 11 is 3.80. The first kappa shape index (κ1) is 22.7. The van der Waals surface area contributed by atoms with Gasteiger partial charge in [0.25, 0.3) is 0 Å². The standard InChI is InChI=1S/C35H20BrN5/c36-23-19-28-24-15-7-8-16-25(24)31-32-30(29(20-23)40(28)31)26-17-9-10-18-27(26)41(32)35-38-33(21-11-3-1-4-12-21)37-34(39-35)22-13-5-2-6-14-22/h1-20H. The van der Waals surface area contributed by atoms with Gasteiger partial charge >= 0.3 is 0 Å². The number of halogens is 1. The van der Waals surface area contributed by atoms with Crippen LogP contribution in [0.2, 0.25) is 0 Å². The second kappa shape index (κ2) is 8.46. The van der Waals surface area contributed by atoms with E-state index in [1.807, 2.05) is 60.7 Å². The van der Waals surface area contributed by atoms with Gasteiger partial charge in [-0.15, -0.1) is 0 Å². The van der Waals surface area contributed by atoms with Crippen molar-refractivity contribution >= 4 is 65.1 Å². The van der Waals surface area contributed by atoms with Crippen molar-refractivity contribution in [3.63, 3.8) is 0 Å². The van der Waals surface area contributed by atoms with Crippen molar-refractivity contribution < 1.29 is 0 Å². The summed E-state index contributed by atoms with van der Waals surface area (Å²) in [4.78, 5) is 15.2. The van der Waals surface area contributed by atoms with Crippen molar-refractivity contribution in [2.75, 3.05) is 0 Å². The molecular weight excluding hydrogens is 570 g/mol. The van der Waals surface area contributed by atoms with E-state index in [0.29, 0.717) is 17.6 Å². The topological polar surface area (TPSA) is 48.0 Å². The lowest BCUT2D eigenvalue weighted by Gasteiger charge is -2.11. The molecule has 0 radical (unpaired) electrons. The third-order valence-corrected chi connectivity index (χ3v) is 8.41. The third-order valence-electron chi connectivity index (χ3n) is 7.96. The van der Waals surface area contributed by atoms with Crippen LogP contribution in [0.5, 0.6) is 0 Å². The van der Waals surface area contributed by atoms with Crippen LogP contribution in [0.25, 0.3) is 77.9 Å². The second-order valence-electron chi connectivity index (χ2n) is 10.3. The zero-order chi connectivity index (χ0) is 27.1. The lowest BCUT2D eigenvalue weighted by molar-refractivity contribution is 0.955. The summed E-state index contributed by atoms with van der Waals surface area (Å²) in [6, 6.07) is 41.9. The molecule has 0 N–H and O–H groups in total. The maximum Gasteiger partial charge on any atom is 0.238 e. The molecule has 4 aromatic carbocycles. The highest BCUT2D eigenvalue weighted by molar-refractivity contribution is 9.10. The number of para-hydroxylation sites is 1.